The highest BCUT2D eigenvalue weighted by molar-refractivity contribution is 6.29. The van der Waals surface area contributed by atoms with Crippen LogP contribution in [0.25, 0.3) is 28.0 Å². The van der Waals surface area contributed by atoms with Gasteiger partial charge in [0, 0.05) is 37.1 Å². The maximum absolute atomic E-state index is 10.4. The number of hydrogen-bond donors (Lipinski definition) is 3. The Kier molecular flexibility index (Phi) is 5.02. The third-order valence-electron chi connectivity index (χ3n) is 5.47. The second-order valence-electron chi connectivity index (χ2n) is 8.00. The fourth-order valence-corrected chi connectivity index (χ4v) is 4.05. The van der Waals surface area contributed by atoms with Gasteiger partial charge in [-0.25, -0.2) is 14.5 Å². The Bertz CT molecular complexity index is 1350. The van der Waals surface area contributed by atoms with Crippen LogP contribution >= 0.6 is 11.6 Å². The van der Waals surface area contributed by atoms with Crippen LogP contribution in [0.5, 0.6) is 0 Å². The summed E-state index contributed by atoms with van der Waals surface area (Å²) in [6.45, 7) is 3.37. The van der Waals surface area contributed by atoms with Gasteiger partial charge in [0.25, 0.3) is 0 Å². The van der Waals surface area contributed by atoms with Crippen molar-refractivity contribution in [3.63, 3.8) is 0 Å². The normalized spacial score (nSPS) is 14.7. The van der Waals surface area contributed by atoms with Gasteiger partial charge in [-0.05, 0) is 42.8 Å². The van der Waals surface area contributed by atoms with Gasteiger partial charge in [0.1, 0.15) is 22.3 Å². The molecule has 4 aromatic rings. The van der Waals surface area contributed by atoms with Gasteiger partial charge in [0.2, 0.25) is 0 Å². The molecule has 8 nitrogen and oxygen atoms in total. The van der Waals surface area contributed by atoms with Crippen LogP contribution in [0.1, 0.15) is 11.3 Å². The third-order valence-corrected chi connectivity index (χ3v) is 5.66. The molecule has 0 saturated carbocycles. The average Bonchev–Trinajstić information content (AvgIpc) is 3.14. The van der Waals surface area contributed by atoms with Gasteiger partial charge in [0.15, 0.2) is 5.65 Å². The molecule has 1 aliphatic rings. The van der Waals surface area contributed by atoms with Crippen molar-refractivity contribution < 1.29 is 5.11 Å². The van der Waals surface area contributed by atoms with Crippen molar-refractivity contribution in [2.45, 2.75) is 12.5 Å². The van der Waals surface area contributed by atoms with E-state index < -0.39 is 5.60 Å². The molecule has 4 heterocycles. The second-order valence-corrected chi connectivity index (χ2v) is 8.39. The molecule has 0 atom stereocenters. The fourth-order valence-electron chi connectivity index (χ4n) is 3.80. The molecule has 0 bridgehead atoms. The number of benzene rings is 1. The highest BCUT2D eigenvalue weighted by Gasteiger charge is 2.34. The number of hydrogen-bond acceptors (Lipinski definition) is 7. The van der Waals surface area contributed by atoms with E-state index in [0.29, 0.717) is 47.5 Å². The molecule has 0 aliphatic carbocycles. The van der Waals surface area contributed by atoms with Crippen LogP contribution in [0.4, 0.5) is 5.82 Å². The number of nitrogens with zero attached hydrogens (tertiary/aromatic N) is 5. The lowest BCUT2D eigenvalue weighted by molar-refractivity contribution is 0.00306. The minimum absolute atomic E-state index is 0.380. The maximum Gasteiger partial charge on any atom is 0.165 e. The Morgan fingerprint density at radius 2 is 2.06 bits per heavy atom. The van der Waals surface area contributed by atoms with E-state index in [4.69, 9.17) is 21.7 Å². The minimum atomic E-state index is -0.768. The van der Waals surface area contributed by atoms with Crippen molar-refractivity contribution in [1.29, 1.82) is 5.26 Å². The number of β-amino-alcohol motifs (C(OH)–C–C–N with tert-alkyl or cyclic N) is 1. The average molecular weight is 446 g/mol. The molecule has 0 amide bonds. The van der Waals surface area contributed by atoms with Gasteiger partial charge in [-0.1, -0.05) is 23.7 Å². The number of aromatic nitrogens is 4. The van der Waals surface area contributed by atoms with Crippen LogP contribution in [-0.4, -0.2) is 49.9 Å². The molecule has 3 aromatic heterocycles. The van der Waals surface area contributed by atoms with Gasteiger partial charge >= 0.3 is 0 Å². The molecule has 1 aromatic carbocycles. The van der Waals surface area contributed by atoms with Crippen molar-refractivity contribution >= 4 is 23.1 Å². The number of halogens is 1. The highest BCUT2D eigenvalue weighted by atomic mass is 35.5. The molecule has 32 heavy (non-hydrogen) atoms. The molecule has 1 aliphatic heterocycles. The Labute approximate surface area is 189 Å². The molecule has 160 valence electrons. The number of fused-ring (bicyclic) bond motifs is 1. The van der Waals surface area contributed by atoms with Gasteiger partial charge in [0.05, 0.1) is 17.2 Å². The summed E-state index contributed by atoms with van der Waals surface area (Å²) in [5, 5.41) is 31.2. The zero-order valence-corrected chi connectivity index (χ0v) is 18.1. The molecule has 3 N–H and O–H groups in total. The number of aliphatic hydroxyl groups is 1. The van der Waals surface area contributed by atoms with Crippen molar-refractivity contribution in [2.24, 2.45) is 0 Å². The fraction of sp³-hybridized carbons (Fsp3) is 0.217. The topological polar surface area (TPSA) is 111 Å². The van der Waals surface area contributed by atoms with E-state index in [-0.39, 0.29) is 0 Å². The first kappa shape index (κ1) is 20.4. The zero-order valence-electron chi connectivity index (χ0n) is 17.3. The SMILES string of the molecule is Cc1cc(-c2c(-c3cccc(C#N)c3)nn3ccc(NCC4(O)CNC4)nc23)cc(Cl)n1. The van der Waals surface area contributed by atoms with E-state index in [0.717, 1.165) is 22.4 Å². The monoisotopic (exact) mass is 445 g/mol. The Hall–Kier alpha value is -3.51. The van der Waals surface area contributed by atoms with Crippen molar-refractivity contribution in [2.75, 3.05) is 25.0 Å². The molecule has 1 fully saturated rings. The number of aryl methyl sites for hydroxylation is 1. The van der Waals surface area contributed by atoms with Crippen molar-refractivity contribution in [3.8, 4) is 28.5 Å². The second kappa shape index (κ2) is 7.88. The van der Waals surface area contributed by atoms with Crippen LogP contribution in [0.3, 0.4) is 0 Å². The maximum atomic E-state index is 10.4. The third kappa shape index (κ3) is 3.78. The molecule has 0 radical (unpaired) electrons. The molecular formula is C23H20ClN7O. The van der Waals surface area contributed by atoms with E-state index in [2.05, 4.69) is 21.7 Å². The summed E-state index contributed by atoms with van der Waals surface area (Å²) in [5.41, 5.74) is 4.31. The summed E-state index contributed by atoms with van der Waals surface area (Å²) in [7, 11) is 0. The van der Waals surface area contributed by atoms with E-state index >= 15 is 0 Å². The highest BCUT2D eigenvalue weighted by Crippen LogP contribution is 2.36. The first-order valence-corrected chi connectivity index (χ1v) is 10.5. The summed E-state index contributed by atoms with van der Waals surface area (Å²) >= 11 is 6.27. The first-order valence-electron chi connectivity index (χ1n) is 10.2. The van der Waals surface area contributed by atoms with Crippen LogP contribution in [0.2, 0.25) is 5.15 Å². The quantitative estimate of drug-likeness (QED) is 0.405. The van der Waals surface area contributed by atoms with Crippen LogP contribution in [0, 0.1) is 18.3 Å². The summed E-state index contributed by atoms with van der Waals surface area (Å²) in [5.74, 6) is 0.633. The number of anilines is 1. The number of nitrogens with one attached hydrogen (secondary N) is 2. The lowest BCUT2D eigenvalue weighted by atomic mass is 9.97. The van der Waals surface area contributed by atoms with E-state index in [1.807, 2.05) is 37.4 Å². The molecule has 9 heteroatoms. The zero-order chi connectivity index (χ0) is 22.3. The summed E-state index contributed by atoms with van der Waals surface area (Å²) in [4.78, 5) is 9.06. The number of rotatable bonds is 5. The Balaban J connectivity index is 1.67. The smallest absolute Gasteiger partial charge is 0.165 e. The summed E-state index contributed by atoms with van der Waals surface area (Å²) < 4.78 is 1.71. The summed E-state index contributed by atoms with van der Waals surface area (Å²) in [6.07, 6.45) is 1.82. The van der Waals surface area contributed by atoms with Gasteiger partial charge in [-0.15, -0.1) is 0 Å². The van der Waals surface area contributed by atoms with Gasteiger partial charge in [-0.2, -0.15) is 10.4 Å². The first-order chi connectivity index (χ1) is 15.4. The lowest BCUT2D eigenvalue weighted by Gasteiger charge is -2.37. The Morgan fingerprint density at radius 1 is 1.22 bits per heavy atom. The number of nitriles is 1. The molecule has 1 saturated heterocycles. The van der Waals surface area contributed by atoms with Crippen molar-refractivity contribution in [1.82, 2.24) is 24.9 Å². The number of pyridine rings is 1. The van der Waals surface area contributed by atoms with Crippen LogP contribution in [0.15, 0.2) is 48.7 Å². The van der Waals surface area contributed by atoms with E-state index in [1.54, 1.807) is 22.7 Å². The van der Waals surface area contributed by atoms with E-state index in [1.165, 1.54) is 0 Å². The predicted molar refractivity (Wildman–Crippen MR) is 122 cm³/mol. The van der Waals surface area contributed by atoms with Crippen LogP contribution < -0.4 is 10.6 Å². The van der Waals surface area contributed by atoms with E-state index in [9.17, 15) is 10.4 Å². The molecular weight excluding hydrogens is 426 g/mol. The molecule has 0 unspecified atom stereocenters. The lowest BCUT2D eigenvalue weighted by Crippen LogP contribution is -2.63. The van der Waals surface area contributed by atoms with Gasteiger partial charge in [-0.3, -0.25) is 0 Å². The van der Waals surface area contributed by atoms with Crippen molar-refractivity contribution in [3.05, 3.63) is 65.1 Å². The molecule has 5 rings (SSSR count). The largest absolute Gasteiger partial charge is 0.385 e. The van der Waals surface area contributed by atoms with Crippen LogP contribution in [-0.2, 0) is 0 Å². The minimum Gasteiger partial charge on any atom is -0.385 e. The predicted octanol–water partition coefficient (Wildman–Crippen LogP) is 3.04. The standard InChI is InChI=1S/C23H20ClN7O/c1-14-7-17(9-18(24)28-14)20-21(16-4-2-3-15(8-16)10-25)30-31-6-5-19(29-22(20)31)27-13-23(32)11-26-12-23/h2-9,26,32H,11-13H2,1H3,(H,27,29). The molecule has 0 spiro atoms. The van der Waals surface area contributed by atoms with Gasteiger partial charge < -0.3 is 15.7 Å². The Morgan fingerprint density at radius 3 is 2.78 bits per heavy atom. The summed E-state index contributed by atoms with van der Waals surface area (Å²) in [6, 6.07) is 15.0.